The summed E-state index contributed by atoms with van der Waals surface area (Å²) in [6.45, 7) is 5.50. The predicted octanol–water partition coefficient (Wildman–Crippen LogP) is 0.760. The first-order valence-electron chi connectivity index (χ1n) is 6.92. The number of piperidine rings is 1. The van der Waals surface area contributed by atoms with Crippen molar-refractivity contribution >= 4 is 17.6 Å². The lowest BCUT2D eigenvalue weighted by molar-refractivity contribution is 0.0602. The first-order chi connectivity index (χ1) is 9.45. The van der Waals surface area contributed by atoms with Crippen LogP contribution in [0.2, 0.25) is 0 Å². The van der Waals surface area contributed by atoms with E-state index in [1.165, 1.54) is 7.11 Å². The van der Waals surface area contributed by atoms with Crippen LogP contribution in [0.25, 0.3) is 0 Å². The number of anilines is 2. The minimum Gasteiger partial charge on any atom is -0.465 e. The summed E-state index contributed by atoms with van der Waals surface area (Å²) in [4.78, 5) is 14.1. The molecule has 1 aliphatic rings. The van der Waals surface area contributed by atoms with E-state index in [2.05, 4.69) is 10.00 Å². The zero-order chi connectivity index (χ0) is 14.9. The van der Waals surface area contributed by atoms with Crippen LogP contribution >= 0.6 is 0 Å². The molecule has 1 fully saturated rings. The quantitative estimate of drug-likeness (QED) is 0.794. The highest BCUT2D eigenvalue weighted by molar-refractivity contribution is 5.99. The first-order valence-corrected chi connectivity index (χ1v) is 6.92. The molecular weight excluding hydrogens is 258 g/mol. The summed E-state index contributed by atoms with van der Waals surface area (Å²) in [7, 11) is 1.35. The van der Waals surface area contributed by atoms with Crippen LogP contribution in [0.3, 0.4) is 0 Å². The number of carbonyl (C=O) groups is 1. The third-order valence-electron chi connectivity index (χ3n) is 3.65. The molecule has 20 heavy (non-hydrogen) atoms. The summed E-state index contributed by atoms with van der Waals surface area (Å²) in [6.07, 6.45) is 1.77. The molecule has 4 N–H and O–H groups in total. The Kier molecular flexibility index (Phi) is 4.17. The van der Waals surface area contributed by atoms with E-state index in [-0.39, 0.29) is 12.1 Å². The summed E-state index contributed by atoms with van der Waals surface area (Å²) in [5.74, 6) is 0.519. The SMILES string of the molecule is COC(=O)c1c(N2CCC(N)CC2)nn(C(C)C)c1N. The van der Waals surface area contributed by atoms with Crippen LogP contribution in [0.15, 0.2) is 0 Å². The molecule has 0 aromatic carbocycles. The third-order valence-corrected chi connectivity index (χ3v) is 3.65. The van der Waals surface area contributed by atoms with Crippen molar-refractivity contribution in [1.82, 2.24) is 9.78 Å². The Morgan fingerprint density at radius 1 is 1.40 bits per heavy atom. The van der Waals surface area contributed by atoms with Gasteiger partial charge in [-0.2, -0.15) is 5.10 Å². The second-order valence-electron chi connectivity index (χ2n) is 5.44. The van der Waals surface area contributed by atoms with Gasteiger partial charge in [-0.25, -0.2) is 9.48 Å². The standard InChI is InChI=1S/C13H23N5O2/c1-8(2)18-11(15)10(13(19)20-3)12(16-18)17-6-4-9(14)5-7-17/h8-9H,4-7,14-15H2,1-3H3. The molecule has 0 bridgehead atoms. The van der Waals surface area contributed by atoms with Crippen LogP contribution in [0.4, 0.5) is 11.6 Å². The van der Waals surface area contributed by atoms with Crippen LogP contribution in [0.5, 0.6) is 0 Å². The van der Waals surface area contributed by atoms with Gasteiger partial charge >= 0.3 is 5.97 Å². The minimum atomic E-state index is -0.445. The van der Waals surface area contributed by atoms with E-state index < -0.39 is 5.97 Å². The van der Waals surface area contributed by atoms with Crippen molar-refractivity contribution in [2.24, 2.45) is 5.73 Å². The number of ether oxygens (including phenoxy) is 1. The molecule has 7 nitrogen and oxygen atoms in total. The van der Waals surface area contributed by atoms with Crippen molar-refractivity contribution in [3.63, 3.8) is 0 Å². The first kappa shape index (κ1) is 14.6. The predicted molar refractivity (Wildman–Crippen MR) is 77.8 cm³/mol. The van der Waals surface area contributed by atoms with Crippen molar-refractivity contribution in [3.8, 4) is 0 Å². The number of nitrogen functional groups attached to an aromatic ring is 1. The van der Waals surface area contributed by atoms with E-state index in [0.717, 1.165) is 25.9 Å². The minimum absolute atomic E-state index is 0.0826. The summed E-state index contributed by atoms with van der Waals surface area (Å²) in [6, 6.07) is 0.302. The van der Waals surface area contributed by atoms with Gasteiger partial charge in [0.2, 0.25) is 0 Å². The topological polar surface area (TPSA) is 99.4 Å². The van der Waals surface area contributed by atoms with Crippen LogP contribution < -0.4 is 16.4 Å². The maximum Gasteiger partial charge on any atom is 0.345 e. The highest BCUT2D eigenvalue weighted by Crippen LogP contribution is 2.30. The van der Waals surface area contributed by atoms with E-state index in [0.29, 0.717) is 17.2 Å². The van der Waals surface area contributed by atoms with Gasteiger partial charge in [0.15, 0.2) is 5.82 Å². The fourth-order valence-corrected chi connectivity index (χ4v) is 2.46. The average Bonchev–Trinajstić information content (AvgIpc) is 2.76. The van der Waals surface area contributed by atoms with Crippen molar-refractivity contribution < 1.29 is 9.53 Å². The molecule has 0 radical (unpaired) electrons. The molecular formula is C13H23N5O2. The smallest absolute Gasteiger partial charge is 0.345 e. The Morgan fingerprint density at radius 2 is 2.00 bits per heavy atom. The summed E-state index contributed by atoms with van der Waals surface area (Å²) in [5.41, 5.74) is 12.3. The van der Waals surface area contributed by atoms with E-state index in [1.807, 2.05) is 13.8 Å². The summed E-state index contributed by atoms with van der Waals surface area (Å²) < 4.78 is 6.50. The Morgan fingerprint density at radius 3 is 2.50 bits per heavy atom. The van der Waals surface area contributed by atoms with Gasteiger partial charge in [-0.1, -0.05) is 0 Å². The molecule has 112 valence electrons. The maximum atomic E-state index is 12.0. The summed E-state index contributed by atoms with van der Waals surface area (Å²) >= 11 is 0. The van der Waals surface area contributed by atoms with E-state index in [9.17, 15) is 4.79 Å². The molecule has 1 aromatic rings. The number of hydrogen-bond acceptors (Lipinski definition) is 6. The van der Waals surface area contributed by atoms with Gasteiger partial charge in [0.1, 0.15) is 11.4 Å². The maximum absolute atomic E-state index is 12.0. The lowest BCUT2D eigenvalue weighted by Gasteiger charge is -2.30. The summed E-state index contributed by atoms with van der Waals surface area (Å²) in [5, 5.41) is 4.50. The number of nitrogens with two attached hydrogens (primary N) is 2. The number of esters is 1. The number of aromatic nitrogens is 2. The van der Waals surface area contributed by atoms with Gasteiger partial charge in [-0.15, -0.1) is 0 Å². The van der Waals surface area contributed by atoms with Crippen molar-refractivity contribution in [1.29, 1.82) is 0 Å². The van der Waals surface area contributed by atoms with Gasteiger partial charge in [0, 0.05) is 25.2 Å². The highest BCUT2D eigenvalue weighted by Gasteiger charge is 2.29. The highest BCUT2D eigenvalue weighted by atomic mass is 16.5. The van der Waals surface area contributed by atoms with Crippen LogP contribution in [0, 0.1) is 0 Å². The molecule has 0 saturated carbocycles. The van der Waals surface area contributed by atoms with Crippen molar-refractivity contribution in [2.75, 3.05) is 30.8 Å². The number of rotatable bonds is 3. The second kappa shape index (κ2) is 5.70. The van der Waals surface area contributed by atoms with Crippen molar-refractivity contribution in [3.05, 3.63) is 5.56 Å². The van der Waals surface area contributed by atoms with E-state index >= 15 is 0 Å². The fourth-order valence-electron chi connectivity index (χ4n) is 2.46. The zero-order valence-corrected chi connectivity index (χ0v) is 12.3. The van der Waals surface area contributed by atoms with Gasteiger partial charge in [-0.05, 0) is 26.7 Å². The molecule has 1 aromatic heterocycles. The Bertz CT molecular complexity index is 489. The molecule has 1 aliphatic heterocycles. The molecule has 2 heterocycles. The number of hydrogen-bond donors (Lipinski definition) is 2. The molecule has 0 unspecified atom stereocenters. The molecule has 2 rings (SSSR count). The van der Waals surface area contributed by atoms with Crippen LogP contribution in [0.1, 0.15) is 43.1 Å². The Hall–Kier alpha value is -1.76. The normalized spacial score (nSPS) is 16.8. The molecule has 7 heteroatoms. The molecule has 0 atom stereocenters. The lowest BCUT2D eigenvalue weighted by atomic mass is 10.1. The third kappa shape index (κ3) is 2.58. The Balaban J connectivity index is 2.40. The van der Waals surface area contributed by atoms with Gasteiger partial charge in [0.05, 0.1) is 7.11 Å². The monoisotopic (exact) mass is 281 g/mol. The van der Waals surface area contributed by atoms with Gasteiger partial charge in [0.25, 0.3) is 0 Å². The van der Waals surface area contributed by atoms with E-state index in [1.54, 1.807) is 4.68 Å². The second-order valence-corrected chi connectivity index (χ2v) is 5.44. The lowest BCUT2D eigenvalue weighted by Crippen LogP contribution is -2.40. The molecule has 0 amide bonds. The number of carbonyl (C=O) groups excluding carboxylic acids is 1. The number of methoxy groups -OCH3 is 1. The van der Waals surface area contributed by atoms with Gasteiger partial charge < -0.3 is 21.1 Å². The van der Waals surface area contributed by atoms with Gasteiger partial charge in [-0.3, -0.25) is 0 Å². The fraction of sp³-hybridized carbons (Fsp3) is 0.692. The molecule has 0 aliphatic carbocycles. The largest absolute Gasteiger partial charge is 0.465 e. The Labute approximate surface area is 118 Å². The van der Waals surface area contributed by atoms with E-state index in [4.69, 9.17) is 16.2 Å². The average molecular weight is 281 g/mol. The number of nitrogens with zero attached hydrogens (tertiary/aromatic N) is 3. The van der Waals surface area contributed by atoms with Crippen LogP contribution in [-0.4, -0.2) is 42.0 Å². The molecule has 0 spiro atoms. The van der Waals surface area contributed by atoms with Crippen molar-refractivity contribution in [2.45, 2.75) is 38.8 Å². The zero-order valence-electron chi connectivity index (χ0n) is 12.3. The molecule has 1 saturated heterocycles. The van der Waals surface area contributed by atoms with Crippen LogP contribution in [-0.2, 0) is 4.74 Å².